The van der Waals surface area contributed by atoms with E-state index in [1.54, 1.807) is 10.9 Å². The third kappa shape index (κ3) is 5.32. The van der Waals surface area contributed by atoms with Crippen LogP contribution >= 0.6 is 0 Å². The molecular formula is C23H30N4O3S. The molecule has 0 saturated heterocycles. The minimum absolute atomic E-state index is 0.00293. The fourth-order valence-electron chi connectivity index (χ4n) is 3.69. The minimum Gasteiger partial charge on any atom is -0.477 e. The first-order chi connectivity index (χ1) is 14.6. The van der Waals surface area contributed by atoms with Gasteiger partial charge in [0.05, 0.1) is 6.61 Å². The predicted molar refractivity (Wildman–Crippen MR) is 122 cm³/mol. The van der Waals surface area contributed by atoms with Gasteiger partial charge < -0.3 is 4.74 Å². The molecule has 0 amide bonds. The average Bonchev–Trinajstić information content (AvgIpc) is 3.13. The van der Waals surface area contributed by atoms with E-state index in [2.05, 4.69) is 49.1 Å². The number of sulfonamides is 1. The molecule has 0 aliphatic carbocycles. The Balaban J connectivity index is 1.77. The Hall–Kier alpha value is -2.71. The SMILES string of the molecule is Cc1c(-c2ccnc(OCCc3cc(S(N)(=O)=O)nn3C(C)C)c2)cccc1C(C)C. The second kappa shape index (κ2) is 9.20. The minimum atomic E-state index is -3.85. The monoisotopic (exact) mass is 442 g/mol. The van der Waals surface area contributed by atoms with Crippen LogP contribution in [-0.4, -0.2) is 29.8 Å². The van der Waals surface area contributed by atoms with Crippen molar-refractivity contribution in [3.63, 3.8) is 0 Å². The molecule has 0 aliphatic heterocycles. The summed E-state index contributed by atoms with van der Waals surface area (Å²) in [6.07, 6.45) is 2.22. The van der Waals surface area contributed by atoms with Gasteiger partial charge in [0.2, 0.25) is 5.88 Å². The Morgan fingerprint density at radius 1 is 1.13 bits per heavy atom. The van der Waals surface area contributed by atoms with E-state index < -0.39 is 10.0 Å². The molecule has 8 heteroatoms. The zero-order valence-electron chi connectivity index (χ0n) is 18.7. The van der Waals surface area contributed by atoms with E-state index in [1.165, 1.54) is 17.2 Å². The van der Waals surface area contributed by atoms with Gasteiger partial charge in [0.15, 0.2) is 5.03 Å². The largest absolute Gasteiger partial charge is 0.477 e. The fraction of sp³-hybridized carbons (Fsp3) is 0.391. The highest BCUT2D eigenvalue weighted by molar-refractivity contribution is 7.89. The molecule has 31 heavy (non-hydrogen) atoms. The zero-order chi connectivity index (χ0) is 22.8. The summed E-state index contributed by atoms with van der Waals surface area (Å²) in [6, 6.07) is 11.8. The number of hydrogen-bond acceptors (Lipinski definition) is 5. The molecule has 7 nitrogen and oxygen atoms in total. The van der Waals surface area contributed by atoms with Gasteiger partial charge in [-0.1, -0.05) is 32.0 Å². The van der Waals surface area contributed by atoms with Crippen LogP contribution in [0.4, 0.5) is 0 Å². The maximum Gasteiger partial charge on any atom is 0.257 e. The standard InChI is InChI=1S/C23H30N4O3S/c1-15(2)20-7-6-8-21(17(20)5)18-9-11-25-22(13-18)30-12-10-19-14-23(31(24,28)29)26-27(19)16(3)4/h6-9,11,13-16H,10,12H2,1-5H3,(H2,24,28,29). The van der Waals surface area contributed by atoms with Crippen LogP contribution in [0.5, 0.6) is 5.88 Å². The predicted octanol–water partition coefficient (Wildman–Crippen LogP) is 4.23. The molecule has 1 aromatic carbocycles. The van der Waals surface area contributed by atoms with Gasteiger partial charge in [-0.3, -0.25) is 4.68 Å². The van der Waals surface area contributed by atoms with Crippen LogP contribution in [0.25, 0.3) is 11.1 Å². The van der Waals surface area contributed by atoms with E-state index in [0.717, 1.165) is 16.8 Å². The van der Waals surface area contributed by atoms with Crippen molar-refractivity contribution in [2.45, 2.75) is 58.0 Å². The topological polar surface area (TPSA) is 100 Å². The van der Waals surface area contributed by atoms with Crippen molar-refractivity contribution in [1.82, 2.24) is 14.8 Å². The number of pyridine rings is 1. The van der Waals surface area contributed by atoms with E-state index in [9.17, 15) is 8.42 Å². The van der Waals surface area contributed by atoms with E-state index in [0.29, 0.717) is 24.8 Å². The first kappa shape index (κ1) is 23.0. The Labute approximate surface area is 184 Å². The van der Waals surface area contributed by atoms with Gasteiger partial charge in [-0.15, -0.1) is 0 Å². The van der Waals surface area contributed by atoms with Crippen LogP contribution in [-0.2, 0) is 16.4 Å². The Morgan fingerprint density at radius 3 is 2.52 bits per heavy atom. The molecule has 0 fully saturated rings. The van der Waals surface area contributed by atoms with Crippen molar-refractivity contribution >= 4 is 10.0 Å². The summed E-state index contributed by atoms with van der Waals surface area (Å²) in [7, 11) is -3.85. The molecule has 2 aromatic heterocycles. The van der Waals surface area contributed by atoms with E-state index in [4.69, 9.17) is 9.88 Å². The van der Waals surface area contributed by atoms with Gasteiger partial charge >= 0.3 is 0 Å². The number of primary sulfonamides is 1. The Kier molecular flexibility index (Phi) is 6.81. The van der Waals surface area contributed by atoms with Crippen molar-refractivity contribution in [1.29, 1.82) is 0 Å². The van der Waals surface area contributed by atoms with Crippen molar-refractivity contribution < 1.29 is 13.2 Å². The normalized spacial score (nSPS) is 12.0. The third-order valence-electron chi connectivity index (χ3n) is 5.22. The Morgan fingerprint density at radius 2 is 1.87 bits per heavy atom. The molecule has 0 atom stereocenters. The number of rotatable bonds is 8. The van der Waals surface area contributed by atoms with Gasteiger partial charge in [0.25, 0.3) is 10.0 Å². The number of nitrogens with zero attached hydrogens (tertiary/aromatic N) is 3. The number of benzene rings is 1. The number of aromatic nitrogens is 3. The second-order valence-corrected chi connectivity index (χ2v) is 9.72. The molecule has 0 radical (unpaired) electrons. The first-order valence-electron chi connectivity index (χ1n) is 10.4. The Bertz CT molecular complexity index is 1170. The highest BCUT2D eigenvalue weighted by atomic mass is 32.2. The molecule has 3 rings (SSSR count). The average molecular weight is 443 g/mol. The third-order valence-corrected chi connectivity index (χ3v) is 6.01. The first-order valence-corrected chi connectivity index (χ1v) is 11.9. The highest BCUT2D eigenvalue weighted by Gasteiger charge is 2.18. The lowest BCUT2D eigenvalue weighted by Crippen LogP contribution is -2.14. The number of nitrogens with two attached hydrogens (primary N) is 1. The lowest BCUT2D eigenvalue weighted by Gasteiger charge is -2.15. The quantitative estimate of drug-likeness (QED) is 0.563. The summed E-state index contributed by atoms with van der Waals surface area (Å²) < 4.78 is 30.8. The van der Waals surface area contributed by atoms with Crippen LogP contribution in [0.3, 0.4) is 0 Å². The maximum atomic E-state index is 11.6. The fourth-order valence-corrected chi connectivity index (χ4v) is 4.19. The summed E-state index contributed by atoms with van der Waals surface area (Å²) in [5, 5.41) is 9.22. The molecule has 0 unspecified atom stereocenters. The van der Waals surface area contributed by atoms with Crippen molar-refractivity contribution in [3.8, 4) is 17.0 Å². The lowest BCUT2D eigenvalue weighted by atomic mass is 9.91. The van der Waals surface area contributed by atoms with Crippen LogP contribution in [0.1, 0.15) is 56.5 Å². The molecule has 0 aliphatic rings. The van der Waals surface area contributed by atoms with Crippen LogP contribution in [0.2, 0.25) is 0 Å². The van der Waals surface area contributed by atoms with Gasteiger partial charge in [-0.05, 0) is 61.1 Å². The van der Waals surface area contributed by atoms with E-state index in [-0.39, 0.29) is 11.1 Å². The molecule has 2 N–H and O–H groups in total. The van der Waals surface area contributed by atoms with Crippen molar-refractivity contribution in [3.05, 3.63) is 59.4 Å². The number of ether oxygens (including phenoxy) is 1. The zero-order valence-corrected chi connectivity index (χ0v) is 19.5. The molecule has 0 spiro atoms. The molecule has 166 valence electrons. The van der Waals surface area contributed by atoms with Gasteiger partial charge in [-0.2, -0.15) is 5.10 Å². The molecule has 0 saturated carbocycles. The summed E-state index contributed by atoms with van der Waals surface area (Å²) in [4.78, 5) is 4.32. The molecule has 3 aromatic rings. The van der Waals surface area contributed by atoms with Gasteiger partial charge in [-0.25, -0.2) is 18.5 Å². The molecular weight excluding hydrogens is 412 g/mol. The molecule has 0 bridgehead atoms. The number of hydrogen-bond donors (Lipinski definition) is 1. The van der Waals surface area contributed by atoms with Crippen LogP contribution in [0, 0.1) is 6.92 Å². The van der Waals surface area contributed by atoms with E-state index in [1.807, 2.05) is 26.0 Å². The van der Waals surface area contributed by atoms with Gasteiger partial charge in [0, 0.05) is 30.4 Å². The lowest BCUT2D eigenvalue weighted by molar-refractivity contribution is 0.304. The highest BCUT2D eigenvalue weighted by Crippen LogP contribution is 2.30. The van der Waals surface area contributed by atoms with Crippen molar-refractivity contribution in [2.75, 3.05) is 6.61 Å². The molecule has 2 heterocycles. The summed E-state index contributed by atoms with van der Waals surface area (Å²) in [6.45, 7) is 10.7. The van der Waals surface area contributed by atoms with Gasteiger partial charge in [0.1, 0.15) is 0 Å². The summed E-state index contributed by atoms with van der Waals surface area (Å²) in [5.41, 5.74) is 5.54. The summed E-state index contributed by atoms with van der Waals surface area (Å²) >= 11 is 0. The maximum absolute atomic E-state index is 11.6. The second-order valence-electron chi connectivity index (χ2n) is 8.21. The van der Waals surface area contributed by atoms with E-state index >= 15 is 0 Å². The van der Waals surface area contributed by atoms with Crippen LogP contribution < -0.4 is 9.88 Å². The van der Waals surface area contributed by atoms with Crippen molar-refractivity contribution in [2.24, 2.45) is 5.14 Å². The van der Waals surface area contributed by atoms with Crippen LogP contribution in [0.15, 0.2) is 47.6 Å². The smallest absolute Gasteiger partial charge is 0.257 e. The summed E-state index contributed by atoms with van der Waals surface area (Å²) in [5.74, 6) is 0.972.